The molecule has 80 valence electrons. The van der Waals surface area contributed by atoms with Crippen molar-refractivity contribution >= 4 is 27.9 Å². The van der Waals surface area contributed by atoms with Gasteiger partial charge in [0.05, 0.1) is 5.69 Å². The van der Waals surface area contributed by atoms with Crippen molar-refractivity contribution < 1.29 is 4.79 Å². The van der Waals surface area contributed by atoms with Crippen molar-refractivity contribution in [3.8, 4) is 0 Å². The Labute approximate surface area is 98.4 Å². The number of hydrogen-bond donors (Lipinski definition) is 0. The lowest BCUT2D eigenvalue weighted by atomic mass is 10.2. The SMILES string of the molecule is CCN(c1ccc(C=O)cc1Br)C1CC1. The lowest BCUT2D eigenvalue weighted by Crippen LogP contribution is -2.25. The Morgan fingerprint density at radius 3 is 2.73 bits per heavy atom. The number of nitrogens with zero attached hydrogens (tertiary/aromatic N) is 1. The molecule has 15 heavy (non-hydrogen) atoms. The summed E-state index contributed by atoms with van der Waals surface area (Å²) in [6, 6.07) is 6.48. The Kier molecular flexibility index (Phi) is 3.10. The molecule has 3 heteroatoms. The maximum Gasteiger partial charge on any atom is 0.150 e. The molecule has 0 amide bonds. The third-order valence-electron chi connectivity index (χ3n) is 2.75. The minimum Gasteiger partial charge on any atom is -0.368 e. The van der Waals surface area contributed by atoms with Gasteiger partial charge in [-0.05, 0) is 53.9 Å². The zero-order chi connectivity index (χ0) is 10.8. The van der Waals surface area contributed by atoms with Crippen molar-refractivity contribution in [3.63, 3.8) is 0 Å². The van der Waals surface area contributed by atoms with E-state index in [0.29, 0.717) is 6.04 Å². The highest BCUT2D eigenvalue weighted by Crippen LogP contribution is 2.35. The molecule has 0 saturated heterocycles. The highest BCUT2D eigenvalue weighted by atomic mass is 79.9. The number of benzene rings is 1. The van der Waals surface area contributed by atoms with E-state index in [9.17, 15) is 4.79 Å². The van der Waals surface area contributed by atoms with Crippen molar-refractivity contribution in [2.75, 3.05) is 11.4 Å². The maximum atomic E-state index is 10.6. The molecule has 1 saturated carbocycles. The molecule has 0 unspecified atom stereocenters. The van der Waals surface area contributed by atoms with E-state index < -0.39 is 0 Å². The monoisotopic (exact) mass is 267 g/mol. The molecule has 0 radical (unpaired) electrons. The van der Waals surface area contributed by atoms with E-state index in [4.69, 9.17) is 0 Å². The van der Waals surface area contributed by atoms with Crippen molar-refractivity contribution in [3.05, 3.63) is 28.2 Å². The van der Waals surface area contributed by atoms with Crippen molar-refractivity contribution in [2.45, 2.75) is 25.8 Å². The number of carbonyl (C=O) groups excluding carboxylic acids is 1. The number of aldehydes is 1. The molecule has 0 bridgehead atoms. The fourth-order valence-electron chi connectivity index (χ4n) is 1.84. The minimum absolute atomic E-state index is 0.702. The van der Waals surface area contributed by atoms with Crippen molar-refractivity contribution in [1.82, 2.24) is 0 Å². The van der Waals surface area contributed by atoms with Crippen LogP contribution >= 0.6 is 15.9 Å². The summed E-state index contributed by atoms with van der Waals surface area (Å²) in [6.07, 6.45) is 3.45. The molecule has 1 aromatic rings. The van der Waals surface area contributed by atoms with Crippen LogP contribution in [0.25, 0.3) is 0 Å². The van der Waals surface area contributed by atoms with Gasteiger partial charge in [0.2, 0.25) is 0 Å². The van der Waals surface area contributed by atoms with Crippen LogP contribution in [-0.4, -0.2) is 18.9 Å². The summed E-state index contributed by atoms with van der Waals surface area (Å²) in [5.74, 6) is 0. The first-order valence-electron chi connectivity index (χ1n) is 5.27. The summed E-state index contributed by atoms with van der Waals surface area (Å²) >= 11 is 3.52. The molecule has 1 aromatic carbocycles. The van der Waals surface area contributed by atoms with E-state index in [-0.39, 0.29) is 0 Å². The van der Waals surface area contributed by atoms with Crippen LogP contribution < -0.4 is 4.90 Å². The van der Waals surface area contributed by atoms with E-state index >= 15 is 0 Å². The van der Waals surface area contributed by atoms with Crippen LogP contribution in [0, 0.1) is 0 Å². The Hall–Kier alpha value is -0.830. The van der Waals surface area contributed by atoms with Gasteiger partial charge >= 0.3 is 0 Å². The average molecular weight is 268 g/mol. The summed E-state index contributed by atoms with van der Waals surface area (Å²) in [5, 5.41) is 0. The summed E-state index contributed by atoms with van der Waals surface area (Å²) in [6.45, 7) is 3.18. The topological polar surface area (TPSA) is 20.3 Å². The summed E-state index contributed by atoms with van der Waals surface area (Å²) in [5.41, 5.74) is 1.92. The molecule has 0 aromatic heterocycles. The van der Waals surface area contributed by atoms with Crippen molar-refractivity contribution in [2.24, 2.45) is 0 Å². The first kappa shape index (κ1) is 10.7. The molecule has 0 aliphatic heterocycles. The van der Waals surface area contributed by atoms with E-state index in [1.54, 1.807) is 0 Å². The summed E-state index contributed by atoms with van der Waals surface area (Å²) in [7, 11) is 0. The van der Waals surface area contributed by atoms with Crippen LogP contribution in [0.2, 0.25) is 0 Å². The predicted octanol–water partition coefficient (Wildman–Crippen LogP) is 3.25. The number of halogens is 1. The minimum atomic E-state index is 0.702. The fraction of sp³-hybridized carbons (Fsp3) is 0.417. The van der Waals surface area contributed by atoms with Crippen LogP contribution in [0.5, 0.6) is 0 Å². The molecule has 0 heterocycles. The van der Waals surface area contributed by atoms with Gasteiger partial charge in [-0.1, -0.05) is 0 Å². The van der Waals surface area contributed by atoms with Gasteiger partial charge in [0.15, 0.2) is 0 Å². The Balaban J connectivity index is 2.29. The molecule has 2 rings (SSSR count). The smallest absolute Gasteiger partial charge is 0.150 e. The van der Waals surface area contributed by atoms with Gasteiger partial charge < -0.3 is 4.90 Å². The van der Waals surface area contributed by atoms with Gasteiger partial charge in [-0.15, -0.1) is 0 Å². The number of carbonyl (C=O) groups is 1. The lowest BCUT2D eigenvalue weighted by Gasteiger charge is -2.24. The first-order valence-corrected chi connectivity index (χ1v) is 6.07. The second-order valence-corrected chi connectivity index (χ2v) is 4.70. The van der Waals surface area contributed by atoms with E-state index in [1.165, 1.54) is 18.5 Å². The Bertz CT molecular complexity index is 374. The first-order chi connectivity index (χ1) is 7.26. The zero-order valence-electron chi connectivity index (χ0n) is 8.74. The molecule has 1 fully saturated rings. The standard InChI is InChI=1S/C12H14BrNO/c1-2-14(10-4-5-10)12-6-3-9(8-15)7-11(12)13/h3,6-8,10H,2,4-5H2,1H3. The molecule has 0 atom stereocenters. The Morgan fingerprint density at radius 1 is 1.53 bits per heavy atom. The second-order valence-electron chi connectivity index (χ2n) is 3.85. The van der Waals surface area contributed by atoms with Crippen LogP contribution in [0.15, 0.2) is 22.7 Å². The van der Waals surface area contributed by atoms with E-state index in [1.807, 2.05) is 18.2 Å². The molecular formula is C12H14BrNO. The van der Waals surface area contributed by atoms with Crippen LogP contribution in [-0.2, 0) is 0 Å². The van der Waals surface area contributed by atoms with Gasteiger partial charge in [-0.25, -0.2) is 0 Å². The number of anilines is 1. The molecule has 0 spiro atoms. The molecule has 0 N–H and O–H groups in total. The lowest BCUT2D eigenvalue weighted by molar-refractivity contribution is 0.112. The van der Waals surface area contributed by atoms with E-state index in [2.05, 4.69) is 27.8 Å². The van der Waals surface area contributed by atoms with Gasteiger partial charge in [0, 0.05) is 22.6 Å². The normalized spacial score (nSPS) is 15.1. The van der Waals surface area contributed by atoms with E-state index in [0.717, 1.165) is 22.9 Å². The summed E-state index contributed by atoms with van der Waals surface area (Å²) in [4.78, 5) is 13.0. The van der Waals surface area contributed by atoms with Gasteiger partial charge in [0.25, 0.3) is 0 Å². The predicted molar refractivity (Wildman–Crippen MR) is 65.6 cm³/mol. The number of hydrogen-bond acceptors (Lipinski definition) is 2. The average Bonchev–Trinajstić information content (AvgIpc) is 3.05. The second kappa shape index (κ2) is 4.35. The largest absolute Gasteiger partial charge is 0.368 e. The Morgan fingerprint density at radius 2 is 2.27 bits per heavy atom. The highest BCUT2D eigenvalue weighted by molar-refractivity contribution is 9.10. The maximum absolute atomic E-state index is 10.6. The van der Waals surface area contributed by atoms with Gasteiger partial charge in [0.1, 0.15) is 6.29 Å². The third-order valence-corrected chi connectivity index (χ3v) is 3.38. The highest BCUT2D eigenvalue weighted by Gasteiger charge is 2.28. The number of rotatable bonds is 4. The van der Waals surface area contributed by atoms with Crippen LogP contribution in [0.3, 0.4) is 0 Å². The van der Waals surface area contributed by atoms with Crippen molar-refractivity contribution in [1.29, 1.82) is 0 Å². The third kappa shape index (κ3) is 2.23. The van der Waals surface area contributed by atoms with Gasteiger partial charge in [-0.2, -0.15) is 0 Å². The molecule has 1 aliphatic rings. The quantitative estimate of drug-likeness (QED) is 0.781. The molecule has 2 nitrogen and oxygen atoms in total. The zero-order valence-corrected chi connectivity index (χ0v) is 10.3. The fourth-order valence-corrected chi connectivity index (χ4v) is 2.47. The van der Waals surface area contributed by atoms with Crippen LogP contribution in [0.1, 0.15) is 30.1 Å². The van der Waals surface area contributed by atoms with Gasteiger partial charge in [-0.3, -0.25) is 4.79 Å². The molecular weight excluding hydrogens is 254 g/mol. The summed E-state index contributed by atoms with van der Waals surface area (Å²) < 4.78 is 1.01. The van der Waals surface area contributed by atoms with Crippen LogP contribution in [0.4, 0.5) is 5.69 Å². The molecule has 1 aliphatic carbocycles.